The van der Waals surface area contributed by atoms with Gasteiger partial charge >= 0.3 is 0 Å². The van der Waals surface area contributed by atoms with Crippen LogP contribution in [0.5, 0.6) is 11.5 Å². The highest BCUT2D eigenvalue weighted by molar-refractivity contribution is 5.69. The number of nitrogen functional groups attached to an aromatic ring is 1. The Bertz CT molecular complexity index is 553. The first kappa shape index (κ1) is 14.1. The monoisotopic (exact) mass is 272 g/mol. The number of ether oxygens (including phenoxy) is 2. The van der Waals surface area contributed by atoms with Crippen LogP contribution >= 0.6 is 0 Å². The van der Waals surface area contributed by atoms with Crippen LogP contribution in [0.2, 0.25) is 0 Å². The number of rotatable bonds is 6. The summed E-state index contributed by atoms with van der Waals surface area (Å²) in [6.07, 6.45) is 0. The van der Waals surface area contributed by atoms with Crippen molar-refractivity contribution < 1.29 is 9.47 Å². The molecule has 0 aliphatic rings. The largest absolute Gasteiger partial charge is 0.494 e. The molecule has 20 heavy (non-hydrogen) atoms. The Kier molecular flexibility index (Phi) is 4.71. The lowest BCUT2D eigenvalue weighted by atomic mass is 10.2. The van der Waals surface area contributed by atoms with E-state index in [4.69, 9.17) is 15.2 Å². The van der Waals surface area contributed by atoms with E-state index in [1.807, 2.05) is 56.3 Å². The zero-order valence-electron chi connectivity index (χ0n) is 11.8. The molecule has 0 saturated heterocycles. The van der Waals surface area contributed by atoms with Gasteiger partial charge in [-0.1, -0.05) is 0 Å². The number of benzene rings is 2. The number of hydrogen-bond donors (Lipinski definition) is 2. The van der Waals surface area contributed by atoms with Crippen LogP contribution < -0.4 is 20.5 Å². The minimum absolute atomic E-state index is 0.615. The van der Waals surface area contributed by atoms with Crippen LogP contribution in [-0.2, 0) is 0 Å². The van der Waals surface area contributed by atoms with Crippen molar-refractivity contribution in [2.75, 3.05) is 24.3 Å². The third-order valence-corrected chi connectivity index (χ3v) is 2.75. The molecule has 0 aromatic heterocycles. The zero-order chi connectivity index (χ0) is 14.4. The second-order valence-electron chi connectivity index (χ2n) is 4.27. The molecule has 0 amide bonds. The van der Waals surface area contributed by atoms with Gasteiger partial charge in [0.2, 0.25) is 0 Å². The average molecular weight is 272 g/mol. The van der Waals surface area contributed by atoms with Crippen molar-refractivity contribution in [2.24, 2.45) is 0 Å². The Morgan fingerprint density at radius 1 is 0.950 bits per heavy atom. The number of nitrogens with two attached hydrogens (primary N) is 1. The summed E-state index contributed by atoms with van der Waals surface area (Å²) in [4.78, 5) is 0. The van der Waals surface area contributed by atoms with Crippen molar-refractivity contribution >= 4 is 17.1 Å². The van der Waals surface area contributed by atoms with Gasteiger partial charge in [-0.25, -0.2) is 0 Å². The van der Waals surface area contributed by atoms with Crippen LogP contribution in [0.3, 0.4) is 0 Å². The average Bonchev–Trinajstić information content (AvgIpc) is 2.45. The predicted octanol–water partition coefficient (Wildman–Crippen LogP) is 3.81. The van der Waals surface area contributed by atoms with Crippen LogP contribution in [0, 0.1) is 0 Å². The maximum Gasteiger partial charge on any atom is 0.142 e. The highest BCUT2D eigenvalue weighted by atomic mass is 16.5. The van der Waals surface area contributed by atoms with Crippen molar-refractivity contribution in [3.63, 3.8) is 0 Å². The molecule has 0 unspecified atom stereocenters. The maximum atomic E-state index is 5.69. The molecular formula is C16H20N2O2. The van der Waals surface area contributed by atoms with Gasteiger partial charge in [0.05, 0.1) is 18.9 Å². The predicted molar refractivity (Wildman–Crippen MR) is 82.9 cm³/mol. The molecule has 2 aromatic carbocycles. The third-order valence-electron chi connectivity index (χ3n) is 2.75. The Balaban J connectivity index is 2.26. The fourth-order valence-corrected chi connectivity index (χ4v) is 1.87. The van der Waals surface area contributed by atoms with E-state index < -0.39 is 0 Å². The van der Waals surface area contributed by atoms with Crippen molar-refractivity contribution in [1.29, 1.82) is 0 Å². The topological polar surface area (TPSA) is 56.5 Å². The molecule has 2 rings (SSSR count). The molecule has 0 radical (unpaired) electrons. The Labute approximate surface area is 119 Å². The smallest absolute Gasteiger partial charge is 0.142 e. The van der Waals surface area contributed by atoms with Crippen LogP contribution in [0.1, 0.15) is 13.8 Å². The molecule has 0 aliphatic carbocycles. The molecule has 106 valence electrons. The van der Waals surface area contributed by atoms with Gasteiger partial charge in [0.15, 0.2) is 0 Å². The van der Waals surface area contributed by atoms with Crippen molar-refractivity contribution in [3.05, 3.63) is 42.5 Å². The highest BCUT2D eigenvalue weighted by Gasteiger charge is 2.06. The fourth-order valence-electron chi connectivity index (χ4n) is 1.87. The van der Waals surface area contributed by atoms with E-state index in [1.54, 1.807) is 0 Å². The molecule has 4 nitrogen and oxygen atoms in total. The molecule has 0 aliphatic heterocycles. The lowest BCUT2D eigenvalue weighted by Crippen LogP contribution is -1.99. The number of anilines is 3. The van der Waals surface area contributed by atoms with E-state index in [9.17, 15) is 0 Å². The maximum absolute atomic E-state index is 5.69. The lowest BCUT2D eigenvalue weighted by molar-refractivity contribution is 0.332. The molecule has 0 fully saturated rings. The molecule has 2 aromatic rings. The summed E-state index contributed by atoms with van der Waals surface area (Å²) in [6, 6.07) is 13.3. The normalized spacial score (nSPS) is 10.1. The number of hydrogen-bond acceptors (Lipinski definition) is 4. The minimum Gasteiger partial charge on any atom is -0.494 e. The summed E-state index contributed by atoms with van der Waals surface area (Å²) < 4.78 is 11.1. The molecule has 0 spiro atoms. The van der Waals surface area contributed by atoms with Crippen molar-refractivity contribution in [3.8, 4) is 11.5 Å². The van der Waals surface area contributed by atoms with Crippen LogP contribution in [0.25, 0.3) is 0 Å². The molecule has 4 heteroatoms. The summed E-state index contributed by atoms with van der Waals surface area (Å²) in [5.41, 5.74) is 8.26. The molecule has 0 atom stereocenters. The SMILES string of the molecule is CCOc1ccc(OCC)c(Nc2ccc(N)cc2)c1. The molecule has 0 heterocycles. The van der Waals surface area contributed by atoms with Gasteiger partial charge in [-0.05, 0) is 50.2 Å². The van der Waals surface area contributed by atoms with Gasteiger partial charge in [0, 0.05) is 17.4 Å². The second-order valence-corrected chi connectivity index (χ2v) is 4.27. The zero-order valence-corrected chi connectivity index (χ0v) is 11.8. The van der Waals surface area contributed by atoms with Gasteiger partial charge < -0.3 is 20.5 Å². The third kappa shape index (κ3) is 3.57. The Morgan fingerprint density at radius 2 is 1.65 bits per heavy atom. The van der Waals surface area contributed by atoms with E-state index in [1.165, 1.54) is 0 Å². The summed E-state index contributed by atoms with van der Waals surface area (Å²) in [6.45, 7) is 5.17. The molecule has 0 bridgehead atoms. The fraction of sp³-hybridized carbons (Fsp3) is 0.250. The summed E-state index contributed by atoms with van der Waals surface area (Å²) in [7, 11) is 0. The van der Waals surface area contributed by atoms with Gasteiger partial charge in [-0.15, -0.1) is 0 Å². The van der Waals surface area contributed by atoms with E-state index in [-0.39, 0.29) is 0 Å². The minimum atomic E-state index is 0.615. The van der Waals surface area contributed by atoms with Crippen molar-refractivity contribution in [2.45, 2.75) is 13.8 Å². The van der Waals surface area contributed by atoms with E-state index >= 15 is 0 Å². The first-order valence-electron chi connectivity index (χ1n) is 6.75. The van der Waals surface area contributed by atoms with Gasteiger partial charge in [0.25, 0.3) is 0 Å². The first-order chi connectivity index (χ1) is 9.72. The van der Waals surface area contributed by atoms with Gasteiger partial charge in [-0.3, -0.25) is 0 Å². The van der Waals surface area contributed by atoms with Gasteiger partial charge in [-0.2, -0.15) is 0 Å². The standard InChI is InChI=1S/C16H20N2O2/c1-3-19-14-9-10-16(20-4-2)15(11-14)18-13-7-5-12(17)6-8-13/h5-11,18H,3-4,17H2,1-2H3. The van der Waals surface area contributed by atoms with Crippen molar-refractivity contribution in [1.82, 2.24) is 0 Å². The van der Waals surface area contributed by atoms with Crippen LogP contribution in [0.15, 0.2) is 42.5 Å². The summed E-state index contributed by atoms with van der Waals surface area (Å²) >= 11 is 0. The second kappa shape index (κ2) is 6.70. The highest BCUT2D eigenvalue weighted by Crippen LogP contribution is 2.32. The first-order valence-corrected chi connectivity index (χ1v) is 6.75. The van der Waals surface area contributed by atoms with Crippen LogP contribution in [0.4, 0.5) is 17.1 Å². The molecular weight excluding hydrogens is 252 g/mol. The molecule has 0 saturated carbocycles. The lowest BCUT2D eigenvalue weighted by Gasteiger charge is -2.14. The quantitative estimate of drug-likeness (QED) is 0.785. The summed E-state index contributed by atoms with van der Waals surface area (Å²) in [5.74, 6) is 1.61. The molecule has 3 N–H and O–H groups in total. The van der Waals surface area contributed by atoms with Gasteiger partial charge in [0.1, 0.15) is 11.5 Å². The summed E-state index contributed by atoms with van der Waals surface area (Å²) in [5, 5.41) is 3.32. The van der Waals surface area contributed by atoms with E-state index in [0.29, 0.717) is 13.2 Å². The number of nitrogens with one attached hydrogen (secondary N) is 1. The van der Waals surface area contributed by atoms with E-state index in [0.717, 1.165) is 28.6 Å². The Morgan fingerprint density at radius 3 is 2.30 bits per heavy atom. The Hall–Kier alpha value is -2.36. The van der Waals surface area contributed by atoms with E-state index in [2.05, 4.69) is 5.32 Å². The van der Waals surface area contributed by atoms with Crippen LogP contribution in [-0.4, -0.2) is 13.2 Å².